The second kappa shape index (κ2) is 11.7. The number of para-hydroxylation sites is 1. The first kappa shape index (κ1) is 23.8. The lowest BCUT2D eigenvalue weighted by Crippen LogP contribution is -2.36. The van der Waals surface area contributed by atoms with Gasteiger partial charge in [-0.3, -0.25) is 9.59 Å². The summed E-state index contributed by atoms with van der Waals surface area (Å²) < 4.78 is 11.4. The van der Waals surface area contributed by atoms with Crippen LogP contribution in [0.5, 0.6) is 5.75 Å². The highest BCUT2D eigenvalue weighted by Gasteiger charge is 2.20. The Morgan fingerprint density at radius 3 is 2.53 bits per heavy atom. The molecule has 3 aromatic rings. The van der Waals surface area contributed by atoms with Crippen LogP contribution in [0.15, 0.2) is 53.0 Å². The molecule has 10 heteroatoms. The molecule has 0 atom stereocenters. The fourth-order valence-electron chi connectivity index (χ4n) is 2.91. The summed E-state index contributed by atoms with van der Waals surface area (Å²) in [6.45, 7) is 0.938. The molecule has 0 unspecified atom stereocenters. The largest absolute Gasteiger partial charge is 0.496 e. The lowest BCUT2D eigenvalue weighted by molar-refractivity contribution is -0.116. The van der Waals surface area contributed by atoms with Gasteiger partial charge in [0, 0.05) is 36.7 Å². The molecule has 0 aliphatic carbocycles. The third-order valence-electron chi connectivity index (χ3n) is 4.56. The first-order chi connectivity index (χ1) is 15.5. The van der Waals surface area contributed by atoms with Gasteiger partial charge in [-0.05, 0) is 24.3 Å². The molecule has 0 aliphatic rings. The molecular weight excluding hydrogens is 496 g/mol. The predicted octanol–water partition coefficient (Wildman–Crippen LogP) is 4.09. The molecule has 3 rings (SSSR count). The van der Waals surface area contributed by atoms with Crippen molar-refractivity contribution in [1.82, 2.24) is 15.1 Å². The van der Waals surface area contributed by atoms with E-state index < -0.39 is 0 Å². The molecular formula is C22H23BrN4O4S. The van der Waals surface area contributed by atoms with Crippen LogP contribution in [0.2, 0.25) is 0 Å². The molecule has 8 nitrogen and oxygen atoms in total. The van der Waals surface area contributed by atoms with Gasteiger partial charge in [-0.2, -0.15) is 0 Å². The number of carbonyl (C=O) groups is 2. The molecule has 2 amide bonds. The zero-order valence-corrected chi connectivity index (χ0v) is 20.1. The summed E-state index contributed by atoms with van der Waals surface area (Å²) in [5.41, 5.74) is 1.36. The second-order valence-electron chi connectivity index (χ2n) is 6.70. The van der Waals surface area contributed by atoms with Crippen LogP contribution in [0.4, 0.5) is 5.13 Å². The Bertz CT molecular complexity index is 1060. The van der Waals surface area contributed by atoms with Crippen LogP contribution in [0.3, 0.4) is 0 Å². The summed E-state index contributed by atoms with van der Waals surface area (Å²) in [5, 5.41) is 12.1. The highest BCUT2D eigenvalue weighted by molar-refractivity contribution is 9.10. The normalized spacial score (nSPS) is 10.6. The van der Waals surface area contributed by atoms with Crippen molar-refractivity contribution in [2.24, 2.45) is 0 Å². The van der Waals surface area contributed by atoms with Gasteiger partial charge >= 0.3 is 0 Å². The third-order valence-corrected chi connectivity index (χ3v) is 5.98. The fourth-order valence-corrected chi connectivity index (χ4v) is 3.94. The number of benzene rings is 2. The van der Waals surface area contributed by atoms with Gasteiger partial charge in [-0.25, -0.2) is 0 Å². The molecule has 0 saturated carbocycles. The number of halogens is 1. The van der Waals surface area contributed by atoms with E-state index >= 15 is 0 Å². The first-order valence-electron chi connectivity index (χ1n) is 9.82. The van der Waals surface area contributed by atoms with Gasteiger partial charge in [0.05, 0.1) is 19.3 Å². The molecule has 0 saturated heterocycles. The van der Waals surface area contributed by atoms with Crippen LogP contribution < -0.4 is 10.1 Å². The van der Waals surface area contributed by atoms with Crippen molar-refractivity contribution < 1.29 is 19.1 Å². The molecule has 32 heavy (non-hydrogen) atoms. The standard InChI is InChI=1S/C22H23BrN4O4S/c1-30-14-13-27(21(29)17-5-3-4-6-18(17)31-2)12-11-19(28)24-22-26-25-20(32-22)15-7-9-16(23)10-8-15/h3-10H,11-14H2,1-2H3,(H,24,26,28). The van der Waals surface area contributed by atoms with E-state index in [1.807, 2.05) is 24.3 Å². The summed E-state index contributed by atoms with van der Waals surface area (Å²) in [6, 6.07) is 14.7. The van der Waals surface area contributed by atoms with Gasteiger partial charge in [0.15, 0.2) is 0 Å². The van der Waals surface area contributed by atoms with Crippen molar-refractivity contribution in [2.75, 3.05) is 39.2 Å². The Labute approximate surface area is 198 Å². The maximum Gasteiger partial charge on any atom is 0.257 e. The van der Waals surface area contributed by atoms with Crippen LogP contribution in [0, 0.1) is 0 Å². The summed E-state index contributed by atoms with van der Waals surface area (Å²) in [6.07, 6.45) is 0.109. The maximum absolute atomic E-state index is 13.0. The van der Waals surface area contributed by atoms with Crippen molar-refractivity contribution in [3.8, 4) is 16.3 Å². The number of hydrogen-bond acceptors (Lipinski definition) is 7. The topological polar surface area (TPSA) is 93.6 Å². The number of amides is 2. The van der Waals surface area contributed by atoms with Crippen LogP contribution in [0.1, 0.15) is 16.8 Å². The van der Waals surface area contributed by atoms with E-state index in [-0.39, 0.29) is 24.8 Å². The molecule has 1 heterocycles. The molecule has 1 aromatic heterocycles. The fraction of sp³-hybridized carbons (Fsp3) is 0.273. The molecule has 0 bridgehead atoms. The summed E-state index contributed by atoms with van der Waals surface area (Å²) in [7, 11) is 3.08. The Kier molecular flexibility index (Phi) is 8.72. The van der Waals surface area contributed by atoms with Crippen molar-refractivity contribution in [2.45, 2.75) is 6.42 Å². The molecule has 2 aromatic carbocycles. The molecule has 1 N–H and O–H groups in total. The zero-order valence-electron chi connectivity index (χ0n) is 17.7. The Morgan fingerprint density at radius 2 is 1.81 bits per heavy atom. The van der Waals surface area contributed by atoms with E-state index in [4.69, 9.17) is 9.47 Å². The minimum Gasteiger partial charge on any atom is -0.496 e. The second-order valence-corrected chi connectivity index (χ2v) is 8.60. The van der Waals surface area contributed by atoms with Gasteiger partial charge in [-0.15, -0.1) is 10.2 Å². The summed E-state index contributed by atoms with van der Waals surface area (Å²) in [4.78, 5) is 27.1. The van der Waals surface area contributed by atoms with Gasteiger partial charge in [-0.1, -0.05) is 51.5 Å². The van der Waals surface area contributed by atoms with E-state index in [0.29, 0.717) is 34.6 Å². The predicted molar refractivity (Wildman–Crippen MR) is 127 cm³/mol. The van der Waals surface area contributed by atoms with E-state index in [9.17, 15) is 9.59 Å². The Balaban J connectivity index is 1.61. The lowest BCUT2D eigenvalue weighted by Gasteiger charge is -2.23. The number of aromatic nitrogens is 2. The minimum absolute atomic E-state index is 0.109. The number of ether oxygens (including phenoxy) is 2. The van der Waals surface area contributed by atoms with E-state index in [1.54, 1.807) is 36.3 Å². The van der Waals surface area contributed by atoms with E-state index in [0.717, 1.165) is 10.0 Å². The monoisotopic (exact) mass is 518 g/mol. The van der Waals surface area contributed by atoms with Crippen LogP contribution in [0.25, 0.3) is 10.6 Å². The number of carbonyl (C=O) groups excluding carboxylic acids is 2. The van der Waals surface area contributed by atoms with Crippen molar-refractivity contribution in [3.63, 3.8) is 0 Å². The molecule has 168 valence electrons. The van der Waals surface area contributed by atoms with Gasteiger partial charge in [0.1, 0.15) is 10.8 Å². The minimum atomic E-state index is -0.251. The number of hydrogen-bond donors (Lipinski definition) is 1. The Morgan fingerprint density at radius 1 is 1.06 bits per heavy atom. The quantitative estimate of drug-likeness (QED) is 0.434. The number of anilines is 1. The zero-order chi connectivity index (χ0) is 22.9. The smallest absolute Gasteiger partial charge is 0.257 e. The van der Waals surface area contributed by atoms with Crippen LogP contribution in [-0.2, 0) is 9.53 Å². The van der Waals surface area contributed by atoms with Gasteiger partial charge < -0.3 is 19.7 Å². The third kappa shape index (κ3) is 6.35. The molecule has 0 spiro atoms. The number of nitrogens with zero attached hydrogens (tertiary/aromatic N) is 3. The number of nitrogens with one attached hydrogen (secondary N) is 1. The number of methoxy groups -OCH3 is 2. The average molecular weight is 519 g/mol. The lowest BCUT2D eigenvalue weighted by atomic mass is 10.1. The number of rotatable bonds is 10. The van der Waals surface area contributed by atoms with Crippen molar-refractivity contribution in [3.05, 3.63) is 58.6 Å². The van der Waals surface area contributed by atoms with E-state index in [1.165, 1.54) is 18.4 Å². The summed E-state index contributed by atoms with van der Waals surface area (Å²) >= 11 is 4.69. The van der Waals surface area contributed by atoms with Gasteiger partial charge in [0.25, 0.3) is 5.91 Å². The average Bonchev–Trinajstić information content (AvgIpc) is 3.27. The maximum atomic E-state index is 13.0. The first-order valence-corrected chi connectivity index (χ1v) is 11.4. The van der Waals surface area contributed by atoms with Crippen molar-refractivity contribution in [1.29, 1.82) is 0 Å². The molecule has 0 aliphatic heterocycles. The molecule has 0 fully saturated rings. The van der Waals surface area contributed by atoms with Crippen LogP contribution >= 0.6 is 27.3 Å². The highest BCUT2D eigenvalue weighted by atomic mass is 79.9. The SMILES string of the molecule is COCCN(CCC(=O)Nc1nnc(-c2ccc(Br)cc2)s1)C(=O)c1ccccc1OC. The van der Waals surface area contributed by atoms with Gasteiger partial charge in [0.2, 0.25) is 11.0 Å². The van der Waals surface area contributed by atoms with Crippen LogP contribution in [-0.4, -0.2) is 60.8 Å². The molecule has 0 radical (unpaired) electrons. The highest BCUT2D eigenvalue weighted by Crippen LogP contribution is 2.27. The summed E-state index contributed by atoms with van der Waals surface area (Å²) in [5.74, 6) is 0.0122. The van der Waals surface area contributed by atoms with E-state index in [2.05, 4.69) is 31.4 Å². The van der Waals surface area contributed by atoms with Crippen molar-refractivity contribution >= 4 is 44.2 Å². The Hall–Kier alpha value is -2.82.